The summed E-state index contributed by atoms with van der Waals surface area (Å²) in [6.45, 7) is 1.89. The number of amides is 3. The number of carboxylic acids is 1. The van der Waals surface area contributed by atoms with Crippen molar-refractivity contribution in [2.75, 3.05) is 10.6 Å². The molecule has 0 bridgehead atoms. The minimum absolute atomic E-state index is 0.140. The molecule has 2 atom stereocenters. The van der Waals surface area contributed by atoms with Gasteiger partial charge in [-0.2, -0.15) is 0 Å². The molecule has 1 heterocycles. The lowest BCUT2D eigenvalue weighted by Crippen LogP contribution is -2.51. The Bertz CT molecular complexity index is 1180. The van der Waals surface area contributed by atoms with E-state index in [4.69, 9.17) is 0 Å². The molecule has 8 heteroatoms. The third-order valence-corrected chi connectivity index (χ3v) is 8.07. The highest BCUT2D eigenvalue weighted by molar-refractivity contribution is 7.58. The van der Waals surface area contributed by atoms with Crippen molar-refractivity contribution in [1.82, 2.24) is 5.32 Å². The summed E-state index contributed by atoms with van der Waals surface area (Å²) in [5.41, 5.74) is 1.59. The number of nitrogens with one attached hydrogen (secondary N) is 3. The van der Waals surface area contributed by atoms with Gasteiger partial charge in [0.25, 0.3) is 5.00 Å². The van der Waals surface area contributed by atoms with Gasteiger partial charge in [-0.3, -0.25) is 10.6 Å². The molecule has 0 saturated heterocycles. The van der Waals surface area contributed by atoms with Gasteiger partial charge in [0.1, 0.15) is 10.5 Å². The smallest absolute Gasteiger partial charge is 0.459 e. The molecule has 0 spiro atoms. The number of para-hydroxylation sites is 1. The number of carboxylic acid groups (broad SMARTS) is 1. The Morgan fingerprint density at radius 2 is 1.67 bits per heavy atom. The third-order valence-electron chi connectivity index (χ3n) is 6.11. The fourth-order valence-corrected chi connectivity index (χ4v) is 6.29. The summed E-state index contributed by atoms with van der Waals surface area (Å²) >= 11 is 0. The van der Waals surface area contributed by atoms with E-state index in [1.165, 1.54) is 0 Å². The zero-order valence-corrected chi connectivity index (χ0v) is 19.2. The number of benzene rings is 2. The molecular formula is C25H27N3O4S. The van der Waals surface area contributed by atoms with Gasteiger partial charge >= 0.3 is 11.3 Å². The summed E-state index contributed by atoms with van der Waals surface area (Å²) in [6.07, 6.45) is 4.48. The Balaban J connectivity index is 1.60. The number of aliphatic carboxylic acids is 1. The van der Waals surface area contributed by atoms with Crippen molar-refractivity contribution in [2.24, 2.45) is 5.92 Å². The first-order valence-electron chi connectivity index (χ1n) is 11.1. The van der Waals surface area contributed by atoms with E-state index in [0.29, 0.717) is 10.7 Å². The Morgan fingerprint density at radius 1 is 0.970 bits per heavy atom. The van der Waals surface area contributed by atoms with Crippen molar-refractivity contribution in [3.8, 4) is 0 Å². The minimum atomic E-state index is -1.26. The van der Waals surface area contributed by atoms with Crippen LogP contribution in [-0.2, 0) is 4.79 Å². The van der Waals surface area contributed by atoms with Crippen molar-refractivity contribution >= 4 is 48.5 Å². The van der Waals surface area contributed by atoms with Crippen molar-refractivity contribution in [3.63, 3.8) is 0 Å². The number of fused-ring (bicyclic) bond motifs is 1. The van der Waals surface area contributed by atoms with Gasteiger partial charge in [-0.25, -0.2) is 9.59 Å². The third kappa shape index (κ3) is 5.17. The van der Waals surface area contributed by atoms with Gasteiger partial charge in [0, 0.05) is 17.1 Å². The molecule has 0 radical (unpaired) electrons. The molecule has 1 aliphatic carbocycles. The second-order valence-corrected chi connectivity index (χ2v) is 10.2. The summed E-state index contributed by atoms with van der Waals surface area (Å²) < 4.78 is 0.752. The first-order valence-corrected chi connectivity index (χ1v) is 12.4. The van der Waals surface area contributed by atoms with Gasteiger partial charge in [-0.05, 0) is 49.4 Å². The number of rotatable bonds is 6. The molecule has 3 N–H and O–H groups in total. The number of anilines is 2. The van der Waals surface area contributed by atoms with Crippen molar-refractivity contribution in [3.05, 3.63) is 60.2 Å². The zero-order chi connectivity index (χ0) is 23.4. The standard InChI is InChI=1S/C25H27N3O4S/c1-16-9-5-7-13-19(16)26-24(31)27-21-15-18-12-6-8-14-20(18)33(21)25(32)28-22(23(29)30)17-10-3-2-4-11-17/h5-9,12-15,17,22H,2-4,10-11H2,1H3,(H3-,26,27,28,29,30,31,32)/t22-,33?/m0/s1. The van der Waals surface area contributed by atoms with Gasteiger partial charge in [-0.15, -0.1) is 0 Å². The monoisotopic (exact) mass is 465 g/mol. The quantitative estimate of drug-likeness (QED) is 0.454. The Hall–Kier alpha value is -3.39. The van der Waals surface area contributed by atoms with Gasteiger partial charge < -0.3 is 15.2 Å². The summed E-state index contributed by atoms with van der Waals surface area (Å²) in [5.74, 6) is -1.40. The molecule has 1 unspecified atom stereocenters. The summed E-state index contributed by atoms with van der Waals surface area (Å²) in [5, 5.41) is 21.1. The lowest BCUT2D eigenvalue weighted by atomic mass is 9.84. The maximum atomic E-state index is 13.4. The van der Waals surface area contributed by atoms with Crippen LogP contribution in [-0.4, -0.2) is 23.3 Å². The second-order valence-electron chi connectivity index (χ2n) is 8.37. The number of hydrogen-bond donors (Lipinski definition) is 3. The van der Waals surface area contributed by atoms with Gasteiger partial charge in [0.05, 0.1) is 12.0 Å². The predicted octanol–water partition coefficient (Wildman–Crippen LogP) is 4.80. The average molecular weight is 466 g/mol. The van der Waals surface area contributed by atoms with Crippen LogP contribution < -0.4 is 21.1 Å². The van der Waals surface area contributed by atoms with Crippen molar-refractivity contribution < 1.29 is 19.5 Å². The van der Waals surface area contributed by atoms with E-state index in [9.17, 15) is 19.5 Å². The van der Waals surface area contributed by atoms with E-state index >= 15 is 0 Å². The van der Waals surface area contributed by atoms with Gasteiger partial charge in [0.2, 0.25) is 0 Å². The first-order chi connectivity index (χ1) is 15.9. The molecule has 3 aromatic rings. The highest BCUT2D eigenvalue weighted by atomic mass is 32.2. The summed E-state index contributed by atoms with van der Waals surface area (Å²) in [7, 11) is -1.16. The van der Waals surface area contributed by atoms with Crippen LogP contribution in [0.25, 0.3) is 10.1 Å². The van der Waals surface area contributed by atoms with Crippen molar-refractivity contribution in [2.45, 2.75) is 45.1 Å². The highest BCUT2D eigenvalue weighted by Crippen LogP contribution is 2.41. The fraction of sp³-hybridized carbons (Fsp3) is 0.320. The number of urea groups is 1. The Kier molecular flexibility index (Phi) is 6.93. The van der Waals surface area contributed by atoms with E-state index < -0.39 is 33.8 Å². The highest BCUT2D eigenvalue weighted by Gasteiger charge is 2.34. The molecule has 0 aliphatic heterocycles. The van der Waals surface area contributed by atoms with Crippen LogP contribution in [0.4, 0.5) is 20.3 Å². The molecule has 1 aromatic heterocycles. The Morgan fingerprint density at radius 3 is 2.39 bits per heavy atom. The SMILES string of the molecule is Cc1ccccc1NC(=O)Nc1cc2ccccc2[s+]1C(=O)N[C@H](C(=O)[O-])C1CCCCC1. The van der Waals surface area contributed by atoms with Crippen molar-refractivity contribution in [1.29, 1.82) is 0 Å². The lowest BCUT2D eigenvalue weighted by Gasteiger charge is -2.30. The maximum Gasteiger partial charge on any atom is 0.459 e. The fourth-order valence-electron chi connectivity index (χ4n) is 4.39. The molecule has 33 heavy (non-hydrogen) atoms. The summed E-state index contributed by atoms with van der Waals surface area (Å²) in [6, 6.07) is 15.1. The molecular weight excluding hydrogens is 438 g/mol. The molecule has 7 nitrogen and oxygen atoms in total. The molecule has 1 fully saturated rings. The van der Waals surface area contributed by atoms with Crippen LogP contribution in [0.2, 0.25) is 0 Å². The number of thiophene rings is 1. The topological polar surface area (TPSA) is 110 Å². The maximum absolute atomic E-state index is 13.4. The number of aryl methyl sites for hydroxylation is 1. The van der Waals surface area contributed by atoms with E-state index in [2.05, 4.69) is 16.0 Å². The number of hydrogen-bond acceptors (Lipinski definition) is 4. The van der Waals surface area contributed by atoms with E-state index in [0.717, 1.165) is 47.8 Å². The van der Waals surface area contributed by atoms with Crippen LogP contribution in [0.5, 0.6) is 0 Å². The van der Waals surface area contributed by atoms with Crippen LogP contribution in [0.3, 0.4) is 0 Å². The second kappa shape index (κ2) is 10.0. The van der Waals surface area contributed by atoms with Crippen LogP contribution in [0.15, 0.2) is 54.6 Å². The minimum Gasteiger partial charge on any atom is -0.548 e. The number of carbonyl (C=O) groups is 3. The average Bonchev–Trinajstić information content (AvgIpc) is 3.17. The van der Waals surface area contributed by atoms with E-state index in [-0.39, 0.29) is 5.92 Å². The molecule has 4 rings (SSSR count). The normalized spacial score (nSPS) is 15.6. The van der Waals surface area contributed by atoms with Crippen LogP contribution in [0.1, 0.15) is 37.7 Å². The Labute approximate surface area is 195 Å². The first kappa shape index (κ1) is 22.8. The predicted molar refractivity (Wildman–Crippen MR) is 130 cm³/mol. The molecule has 1 aliphatic rings. The molecule has 3 amide bonds. The van der Waals surface area contributed by atoms with Gasteiger partial charge in [-0.1, -0.05) is 49.6 Å². The molecule has 172 valence electrons. The molecule has 2 aromatic carbocycles. The molecule has 1 saturated carbocycles. The number of carbonyl (C=O) groups excluding carboxylic acids is 3. The van der Waals surface area contributed by atoms with Crippen LogP contribution in [0, 0.1) is 12.8 Å². The summed E-state index contributed by atoms with van der Waals surface area (Å²) in [4.78, 5) is 38.0. The zero-order valence-electron chi connectivity index (χ0n) is 18.4. The van der Waals surface area contributed by atoms with Gasteiger partial charge in [0.15, 0.2) is 4.70 Å². The lowest BCUT2D eigenvalue weighted by molar-refractivity contribution is -0.309. The van der Waals surface area contributed by atoms with E-state index in [1.54, 1.807) is 12.1 Å². The van der Waals surface area contributed by atoms with E-state index in [1.807, 2.05) is 49.4 Å². The van der Waals surface area contributed by atoms with Crippen LogP contribution >= 0.6 is 10.5 Å². The largest absolute Gasteiger partial charge is 0.548 e.